The number of fused-ring (bicyclic) bond motifs is 6. The highest BCUT2D eigenvalue weighted by molar-refractivity contribution is 6.22. The zero-order valence-corrected chi connectivity index (χ0v) is 22.4. The van der Waals surface area contributed by atoms with Gasteiger partial charge in [-0.1, -0.05) is 139 Å². The van der Waals surface area contributed by atoms with Gasteiger partial charge in [-0.2, -0.15) is 0 Å². The van der Waals surface area contributed by atoms with Crippen molar-refractivity contribution in [1.82, 2.24) is 0 Å². The Morgan fingerprint density at radius 3 is 1.72 bits per heavy atom. The summed E-state index contributed by atoms with van der Waals surface area (Å²) in [5.74, 6) is 0. The van der Waals surface area contributed by atoms with Gasteiger partial charge in [-0.25, -0.2) is 0 Å². The van der Waals surface area contributed by atoms with Gasteiger partial charge in [0.2, 0.25) is 0 Å². The monoisotopic (exact) mass is 559 g/mol. The number of hydrogen-bond acceptors (Lipinski definition) is 1. The van der Waals surface area contributed by atoms with Gasteiger partial charge in [0.25, 0.3) is 0 Å². The molecule has 0 bridgehead atoms. The smallest absolute Gasteiger partial charge is 0.143 e. The van der Waals surface area contributed by atoms with Gasteiger partial charge in [0.05, 0.1) is 17.8 Å². The third kappa shape index (κ3) is 3.72. The molecule has 0 aliphatic rings. The molecule has 0 atom stereocenters. The predicted molar refractivity (Wildman–Crippen MR) is 183 cm³/mol. The molecule has 0 amide bonds. The topological polar surface area (TPSA) is 13.1 Å². The Kier molecular flexibility index (Phi) is 3.18. The van der Waals surface area contributed by atoms with E-state index in [2.05, 4.69) is 0 Å². The van der Waals surface area contributed by atoms with Gasteiger partial charge in [0.1, 0.15) is 11.2 Å². The quantitative estimate of drug-likeness (QED) is 0.196. The van der Waals surface area contributed by atoms with Gasteiger partial charge >= 0.3 is 0 Å². The first-order valence-corrected chi connectivity index (χ1v) is 13.7. The normalized spacial score (nSPS) is 16.0. The predicted octanol–water partition coefficient (Wildman–Crippen LogP) is 12.0. The first-order chi connectivity index (χ1) is 26.8. The van der Waals surface area contributed by atoms with Crippen molar-refractivity contribution in [1.29, 1.82) is 0 Å². The van der Waals surface area contributed by atoms with Crippen molar-refractivity contribution in [3.63, 3.8) is 0 Å². The first kappa shape index (κ1) is 14.5. The van der Waals surface area contributed by atoms with Crippen molar-refractivity contribution < 1.29 is 22.2 Å². The maximum atomic E-state index is 9.63. The lowest BCUT2D eigenvalue weighted by molar-refractivity contribution is 0.670. The van der Waals surface area contributed by atoms with Crippen molar-refractivity contribution in [2.45, 2.75) is 0 Å². The molecule has 43 heavy (non-hydrogen) atoms. The SMILES string of the molecule is [2H]c1c([2H])c([2H])c2c(oc3c([2H])c(-c4c5ccccc5c(-c5c([2H])c([2H])c6c([2H])c([2H])c([2H])c([2H])c6c5[2H])c5ccccc45)c([2H])c([2H])c32)c1-c1ccccc1. The van der Waals surface area contributed by atoms with E-state index in [0.29, 0.717) is 38.2 Å². The molecule has 0 spiro atoms. The van der Waals surface area contributed by atoms with Crippen LogP contribution in [0.25, 0.3) is 87.6 Å². The Morgan fingerprint density at radius 1 is 0.419 bits per heavy atom. The van der Waals surface area contributed by atoms with Gasteiger partial charge in [0.15, 0.2) is 0 Å². The minimum Gasteiger partial charge on any atom is -0.455 e. The van der Waals surface area contributed by atoms with Gasteiger partial charge in [-0.05, 0) is 78.3 Å². The molecule has 1 nitrogen and oxygen atoms in total. The van der Waals surface area contributed by atoms with Crippen molar-refractivity contribution in [3.8, 4) is 33.4 Å². The molecule has 0 N–H and O–H groups in total. The van der Waals surface area contributed by atoms with Gasteiger partial charge in [-0.3, -0.25) is 0 Å². The minimum absolute atomic E-state index is 0.0149. The fraction of sp³-hybridized carbons (Fsp3) is 0. The summed E-state index contributed by atoms with van der Waals surface area (Å²) in [4.78, 5) is 0. The molecule has 1 heterocycles. The van der Waals surface area contributed by atoms with Crippen LogP contribution in [0.1, 0.15) is 17.8 Å². The summed E-state index contributed by atoms with van der Waals surface area (Å²) in [5, 5.41) is 1.57. The lowest BCUT2D eigenvalue weighted by Gasteiger charge is -2.18. The summed E-state index contributed by atoms with van der Waals surface area (Å²) < 4.78 is 122. The summed E-state index contributed by atoms with van der Waals surface area (Å²) in [7, 11) is 0. The van der Waals surface area contributed by atoms with E-state index in [4.69, 9.17) is 15.4 Å². The Hall–Kier alpha value is -5.66. The molecule has 0 aliphatic heterocycles. The molecule has 0 fully saturated rings. The highest BCUT2D eigenvalue weighted by Gasteiger charge is 2.18. The average molecular weight is 560 g/mol. The summed E-state index contributed by atoms with van der Waals surface area (Å²) in [6.07, 6.45) is 0. The molecule has 1 aromatic heterocycles. The molecule has 0 saturated heterocycles. The van der Waals surface area contributed by atoms with Crippen LogP contribution in [0.3, 0.4) is 0 Å². The Morgan fingerprint density at radius 2 is 1.02 bits per heavy atom. The Bertz CT molecular complexity index is 3170. The summed E-state index contributed by atoms with van der Waals surface area (Å²) >= 11 is 0. The van der Waals surface area contributed by atoms with E-state index in [9.17, 15) is 6.85 Å². The van der Waals surface area contributed by atoms with Crippen LogP contribution in [0.4, 0.5) is 0 Å². The number of benzene rings is 8. The van der Waals surface area contributed by atoms with E-state index in [1.807, 2.05) is 0 Å². The molecule has 0 aliphatic carbocycles. The van der Waals surface area contributed by atoms with Crippen LogP contribution < -0.4 is 0 Å². The number of hydrogen-bond donors (Lipinski definition) is 0. The van der Waals surface area contributed by atoms with E-state index in [-0.39, 0.29) is 91.7 Å². The van der Waals surface area contributed by atoms with Crippen LogP contribution in [0.15, 0.2) is 162 Å². The highest BCUT2D eigenvalue weighted by atomic mass is 16.3. The molecule has 9 aromatic rings. The van der Waals surface area contributed by atoms with Gasteiger partial charge < -0.3 is 4.42 Å². The van der Waals surface area contributed by atoms with Crippen LogP contribution >= 0.6 is 0 Å². The molecule has 9 rings (SSSR count). The second-order valence-electron chi connectivity index (χ2n) is 10.2. The molecule has 200 valence electrons. The van der Waals surface area contributed by atoms with E-state index in [1.54, 1.807) is 78.9 Å². The third-order valence-corrected chi connectivity index (χ3v) is 7.81. The number of furan rings is 1. The molecule has 1 heteroatoms. The van der Waals surface area contributed by atoms with Crippen LogP contribution in [0, 0.1) is 0 Å². The lowest BCUT2D eigenvalue weighted by atomic mass is 9.85. The van der Waals surface area contributed by atoms with Crippen molar-refractivity contribution in [2.24, 2.45) is 0 Å². The third-order valence-electron chi connectivity index (χ3n) is 7.81. The second kappa shape index (κ2) is 9.44. The van der Waals surface area contributed by atoms with Crippen LogP contribution in [-0.4, -0.2) is 0 Å². The highest BCUT2D eigenvalue weighted by Crippen LogP contribution is 2.45. The summed E-state index contributed by atoms with van der Waals surface area (Å²) in [6.45, 7) is 0. The largest absolute Gasteiger partial charge is 0.455 e. The maximum Gasteiger partial charge on any atom is 0.143 e. The maximum absolute atomic E-state index is 9.63. The van der Waals surface area contributed by atoms with E-state index in [1.165, 1.54) is 0 Å². The Balaban J connectivity index is 1.44. The zero-order chi connectivity index (χ0) is 39.6. The van der Waals surface area contributed by atoms with Crippen LogP contribution in [-0.2, 0) is 0 Å². The molecular weight excluding hydrogens is 520 g/mol. The fourth-order valence-electron chi connectivity index (χ4n) is 5.92. The van der Waals surface area contributed by atoms with Crippen molar-refractivity contribution >= 4 is 54.3 Å². The molecular formula is C42H26O. The molecule has 0 unspecified atom stereocenters. The van der Waals surface area contributed by atoms with E-state index in [0.717, 1.165) is 0 Å². The standard InChI is InChI=1S/C42H26O/c1-2-12-28(13-3-1)32-19-10-20-38-33-24-23-31(26-39(33)43-42(32)38)41-36-17-8-6-15-34(36)40(35-16-7-9-18-37(35)41)30-22-21-27-11-4-5-14-29(27)25-30/h1-26H/i4D,5D,10D,11D,14D,19D,20D,21D,22D,23D,24D,25D,26D. The van der Waals surface area contributed by atoms with Crippen molar-refractivity contribution in [3.05, 3.63) is 157 Å². The van der Waals surface area contributed by atoms with Crippen molar-refractivity contribution in [2.75, 3.05) is 0 Å². The minimum atomic E-state index is -0.564. The number of para-hydroxylation sites is 1. The molecule has 8 aromatic carbocycles. The molecule has 0 saturated carbocycles. The van der Waals surface area contributed by atoms with Gasteiger partial charge in [0, 0.05) is 16.3 Å². The molecule has 0 radical (unpaired) electrons. The number of rotatable bonds is 3. The van der Waals surface area contributed by atoms with E-state index >= 15 is 0 Å². The zero-order valence-electron chi connectivity index (χ0n) is 35.4. The van der Waals surface area contributed by atoms with Crippen LogP contribution in [0.2, 0.25) is 0 Å². The lowest BCUT2D eigenvalue weighted by Crippen LogP contribution is -1.90. The Labute approximate surface area is 267 Å². The van der Waals surface area contributed by atoms with E-state index < -0.39 is 36.3 Å². The first-order valence-electron chi connectivity index (χ1n) is 20.2. The average Bonchev–Trinajstić information content (AvgIpc) is 3.60. The summed E-state index contributed by atoms with van der Waals surface area (Å²) in [5.41, 5.74) is 1.51. The van der Waals surface area contributed by atoms with Gasteiger partial charge in [-0.15, -0.1) is 0 Å². The second-order valence-corrected chi connectivity index (χ2v) is 10.2. The summed E-state index contributed by atoms with van der Waals surface area (Å²) in [6, 6.07) is 17.5. The fourth-order valence-corrected chi connectivity index (χ4v) is 5.92. The van der Waals surface area contributed by atoms with Crippen LogP contribution in [0.5, 0.6) is 0 Å².